The quantitative estimate of drug-likeness (QED) is 0.604. The van der Waals surface area contributed by atoms with Gasteiger partial charge in [-0.05, 0) is 0 Å². The van der Waals surface area contributed by atoms with Crippen LogP contribution in [0.15, 0.2) is 48.5 Å². The third kappa shape index (κ3) is 3.48. The van der Waals surface area contributed by atoms with E-state index < -0.39 is 19.4 Å². The molecule has 26 heavy (non-hydrogen) atoms. The summed E-state index contributed by atoms with van der Waals surface area (Å²) in [6.45, 7) is 7.12. The van der Waals surface area contributed by atoms with Crippen LogP contribution in [-0.4, -0.2) is 23.9 Å². The van der Waals surface area contributed by atoms with E-state index >= 15 is 0 Å². The number of hydrogen-bond donors (Lipinski definition) is 2. The Labute approximate surface area is 166 Å². The fourth-order valence-corrected chi connectivity index (χ4v) is 28.3. The molecule has 1 unspecified atom stereocenters. The maximum atomic E-state index is 9.67. The first-order valence-electron chi connectivity index (χ1n) is 9.24. The van der Waals surface area contributed by atoms with E-state index in [2.05, 4.69) is 79.6 Å². The average molecular weight is 445 g/mol. The van der Waals surface area contributed by atoms with Gasteiger partial charge in [-0.15, -0.1) is 0 Å². The number of aliphatic hydroxyl groups is 1. The Hall–Kier alpha value is -0.129. The number of aliphatic hydroxyl groups excluding tert-OH is 1. The number of nitrogens with one attached hydrogen (secondary N) is 1. The number of fused-ring (bicyclic) bond motifs is 3. The van der Waals surface area contributed by atoms with E-state index in [9.17, 15) is 5.11 Å². The molecule has 0 spiro atoms. The van der Waals surface area contributed by atoms with Gasteiger partial charge in [-0.3, -0.25) is 0 Å². The van der Waals surface area contributed by atoms with Gasteiger partial charge in [0.2, 0.25) is 0 Å². The summed E-state index contributed by atoms with van der Waals surface area (Å²) in [5.74, 6) is 0. The molecule has 0 radical (unpaired) electrons. The van der Waals surface area contributed by atoms with E-state index in [1.165, 1.54) is 22.3 Å². The van der Waals surface area contributed by atoms with Gasteiger partial charge in [0, 0.05) is 0 Å². The first kappa shape index (κ1) is 20.6. The zero-order valence-electron chi connectivity index (χ0n) is 15.9. The van der Waals surface area contributed by atoms with Crippen molar-refractivity contribution in [1.29, 1.82) is 0 Å². The van der Waals surface area contributed by atoms with Crippen LogP contribution in [0.5, 0.6) is 0 Å². The minimum absolute atomic E-state index is 0.00942. The molecule has 2 N–H and O–H groups in total. The molecule has 0 aliphatic heterocycles. The van der Waals surface area contributed by atoms with Crippen molar-refractivity contribution in [2.75, 3.05) is 6.61 Å². The third-order valence-electron chi connectivity index (χ3n) is 5.44. The first-order chi connectivity index (χ1) is 12.1. The molecule has 0 fully saturated rings. The Bertz CT molecular complexity index is 776. The number of hydrogen-bond acceptors (Lipinski definition) is 2. The molecule has 6 heteroatoms. The molecule has 0 bridgehead atoms. The van der Waals surface area contributed by atoms with Gasteiger partial charge in [0.25, 0.3) is 0 Å². The number of halogens is 2. The van der Waals surface area contributed by atoms with Crippen LogP contribution < -0.4 is 3.80 Å². The predicted octanol–water partition coefficient (Wildman–Crippen LogP) is 5.40. The molecule has 2 aromatic carbocycles. The van der Waals surface area contributed by atoms with Gasteiger partial charge in [0.1, 0.15) is 0 Å². The van der Waals surface area contributed by atoms with Crippen LogP contribution in [0.4, 0.5) is 0 Å². The topological polar surface area (TPSA) is 32.3 Å². The Morgan fingerprint density at radius 3 is 1.88 bits per heavy atom. The number of rotatable bonds is 5. The van der Waals surface area contributed by atoms with Crippen molar-refractivity contribution in [3.8, 4) is 11.1 Å². The Morgan fingerprint density at radius 1 is 1.00 bits per heavy atom. The SMILES string of the molecule is C[SiH](CCO)[Ti]([Cl])([Cl])([NH]C(C)(C)C)[CH]1c2ccccc2-c2ccccc21. The molecule has 0 heterocycles. The average Bonchev–Trinajstić information content (AvgIpc) is 2.89. The van der Waals surface area contributed by atoms with Crippen LogP contribution in [0, 0.1) is 0 Å². The zero-order chi connectivity index (χ0) is 19.2. The standard InChI is InChI=1S/C13H9.C4H10N.C3H9OSi.2ClH.Ti/c1-3-7-12-10(5-1)9-11-6-2-4-8-13(11)12;1-4(2,3)5;1-5-3-2-4;;;/h1-9H;5H,1-3H3;4-5H,2-3H2,1H3;2*1H;/q;-1;;;;+3/p-2. The summed E-state index contributed by atoms with van der Waals surface area (Å²) < 4.78 is 3.80. The molecule has 3 rings (SSSR count). The van der Waals surface area contributed by atoms with E-state index in [1.54, 1.807) is 0 Å². The molecule has 1 atom stereocenters. The van der Waals surface area contributed by atoms with E-state index in [-0.39, 0.29) is 16.4 Å². The van der Waals surface area contributed by atoms with Gasteiger partial charge in [0.05, 0.1) is 0 Å². The van der Waals surface area contributed by atoms with Crippen molar-refractivity contribution in [1.82, 2.24) is 3.80 Å². The van der Waals surface area contributed by atoms with Gasteiger partial charge < -0.3 is 0 Å². The van der Waals surface area contributed by atoms with E-state index in [1.807, 2.05) is 0 Å². The number of benzene rings is 2. The van der Waals surface area contributed by atoms with Gasteiger partial charge in [-0.1, -0.05) is 0 Å². The van der Waals surface area contributed by atoms with Crippen LogP contribution in [0.25, 0.3) is 11.1 Å². The summed E-state index contributed by atoms with van der Waals surface area (Å²) in [4.78, 5) is 0. The van der Waals surface area contributed by atoms with E-state index in [0.29, 0.717) is 0 Å². The fourth-order valence-electron chi connectivity index (χ4n) is 4.38. The van der Waals surface area contributed by atoms with Crippen molar-refractivity contribution in [3.05, 3.63) is 59.7 Å². The van der Waals surface area contributed by atoms with Crippen molar-refractivity contribution >= 4 is 25.3 Å². The Morgan fingerprint density at radius 2 is 1.46 bits per heavy atom. The first-order valence-corrected chi connectivity index (χ1v) is 20.5. The summed E-state index contributed by atoms with van der Waals surface area (Å²) in [7, 11) is 15.3. The molecule has 1 aliphatic carbocycles. The van der Waals surface area contributed by atoms with Crippen molar-refractivity contribution in [2.24, 2.45) is 0 Å². The van der Waals surface area contributed by atoms with Crippen molar-refractivity contribution in [2.45, 2.75) is 43.1 Å². The van der Waals surface area contributed by atoms with E-state index in [4.69, 9.17) is 18.6 Å². The fraction of sp³-hybridized carbons (Fsp3) is 0.400. The van der Waals surface area contributed by atoms with E-state index in [0.717, 1.165) is 6.04 Å². The molecule has 0 saturated carbocycles. The molecule has 141 valence electrons. The molecule has 0 saturated heterocycles. The summed E-state index contributed by atoms with van der Waals surface area (Å²) in [6, 6.07) is 17.7. The third-order valence-corrected chi connectivity index (χ3v) is 36.5. The molecular weight excluding hydrogens is 417 g/mol. The molecular formula is C20H28Cl2NOSiTi. The molecule has 2 nitrogen and oxygen atoms in total. The Kier molecular flexibility index (Phi) is 5.58. The molecule has 2 aromatic rings. The van der Waals surface area contributed by atoms with Crippen LogP contribution >= 0.6 is 18.6 Å². The second kappa shape index (κ2) is 7.04. The van der Waals surface area contributed by atoms with Crippen LogP contribution in [0.1, 0.15) is 36.1 Å². The maximum absolute atomic E-state index is 9.67. The Balaban J connectivity index is 2.28. The van der Waals surface area contributed by atoms with Gasteiger partial charge in [-0.25, -0.2) is 0 Å². The molecule has 0 amide bonds. The normalized spacial score (nSPS) is 17.3. The predicted molar refractivity (Wildman–Crippen MR) is 113 cm³/mol. The summed E-state index contributed by atoms with van der Waals surface area (Å²) >= 11 is -4.28. The molecule has 1 aliphatic rings. The minimum atomic E-state index is -4.28. The van der Waals surface area contributed by atoms with Crippen molar-refractivity contribution in [3.63, 3.8) is 0 Å². The van der Waals surface area contributed by atoms with Crippen LogP contribution in [0.3, 0.4) is 0 Å². The second-order valence-corrected chi connectivity index (χ2v) is 35.9. The monoisotopic (exact) mass is 444 g/mol. The van der Waals surface area contributed by atoms with Crippen molar-refractivity contribution < 1.29 is 17.8 Å². The summed E-state index contributed by atoms with van der Waals surface area (Å²) in [5.41, 5.74) is 4.77. The van der Waals surface area contributed by atoms with Gasteiger partial charge in [0.15, 0.2) is 0 Å². The zero-order valence-corrected chi connectivity index (χ0v) is 20.1. The molecule has 0 aromatic heterocycles. The summed E-state index contributed by atoms with van der Waals surface area (Å²) in [6.07, 6.45) is 0. The van der Waals surface area contributed by atoms with Gasteiger partial charge >= 0.3 is 167 Å². The summed E-state index contributed by atoms with van der Waals surface area (Å²) in [5, 5.41) is 9.67. The second-order valence-electron chi connectivity index (χ2n) is 8.55. The van der Waals surface area contributed by atoms with Gasteiger partial charge in [-0.2, -0.15) is 0 Å². The van der Waals surface area contributed by atoms with Crippen LogP contribution in [0.2, 0.25) is 12.6 Å². The van der Waals surface area contributed by atoms with Crippen LogP contribution in [-0.2, 0) is 12.7 Å².